The number of ether oxygens (including phenoxy) is 1. The molecule has 0 spiro atoms. The lowest BCUT2D eigenvalue weighted by Gasteiger charge is -2.57. The second-order valence-electron chi connectivity index (χ2n) is 11.0. The van der Waals surface area contributed by atoms with Gasteiger partial charge < -0.3 is 19.6 Å². The molecule has 3 fully saturated rings. The molecular weight excluding hydrogens is 450 g/mol. The monoisotopic (exact) mass is 491 g/mol. The number of benzene rings is 2. The first kappa shape index (κ1) is 25.4. The van der Waals surface area contributed by atoms with Crippen molar-refractivity contribution in [1.29, 1.82) is 0 Å². The molecule has 5 rings (SSSR count). The van der Waals surface area contributed by atoms with Crippen LogP contribution in [-0.4, -0.2) is 97.9 Å². The average molecular weight is 492 g/mol. The lowest BCUT2D eigenvalue weighted by atomic mass is 9.74. The van der Waals surface area contributed by atoms with E-state index in [1.165, 1.54) is 44.3 Å². The van der Waals surface area contributed by atoms with Gasteiger partial charge >= 0.3 is 0 Å². The van der Waals surface area contributed by atoms with Crippen LogP contribution in [0, 0.1) is 5.92 Å². The molecule has 194 valence electrons. The van der Waals surface area contributed by atoms with Crippen molar-refractivity contribution in [2.75, 3.05) is 60.1 Å². The molecule has 2 aromatic carbocycles. The molecule has 3 saturated heterocycles. The highest BCUT2D eigenvalue weighted by molar-refractivity contribution is 5.95. The predicted molar refractivity (Wildman–Crippen MR) is 143 cm³/mol. The van der Waals surface area contributed by atoms with E-state index in [9.17, 15) is 9.90 Å². The first-order chi connectivity index (χ1) is 17.5. The highest BCUT2D eigenvalue weighted by Crippen LogP contribution is 2.42. The van der Waals surface area contributed by atoms with Gasteiger partial charge in [0.1, 0.15) is 0 Å². The first-order valence-corrected chi connectivity index (χ1v) is 13.6. The number of hydrogen-bond donors (Lipinski definition) is 1. The number of aliphatic hydroxyl groups excluding tert-OH is 1. The van der Waals surface area contributed by atoms with Crippen molar-refractivity contribution >= 4 is 5.91 Å². The van der Waals surface area contributed by atoms with E-state index in [-0.39, 0.29) is 18.6 Å². The van der Waals surface area contributed by atoms with Crippen LogP contribution in [0.4, 0.5) is 0 Å². The largest absolute Gasteiger partial charge is 0.395 e. The minimum Gasteiger partial charge on any atom is -0.395 e. The number of hydrogen-bond acceptors (Lipinski definition) is 5. The summed E-state index contributed by atoms with van der Waals surface area (Å²) in [5.74, 6) is 1.11. The molecular formula is C30H41N3O3. The smallest absolute Gasteiger partial charge is 0.253 e. The van der Waals surface area contributed by atoms with Crippen LogP contribution >= 0.6 is 0 Å². The predicted octanol–water partition coefficient (Wildman–Crippen LogP) is 3.71. The van der Waals surface area contributed by atoms with Crippen LogP contribution in [0.3, 0.4) is 0 Å². The summed E-state index contributed by atoms with van der Waals surface area (Å²) in [7, 11) is 3.56. The molecule has 3 heterocycles. The summed E-state index contributed by atoms with van der Waals surface area (Å²) in [6.07, 6.45) is 4.79. The van der Waals surface area contributed by atoms with Gasteiger partial charge in [0.25, 0.3) is 5.91 Å². The third kappa shape index (κ3) is 5.37. The van der Waals surface area contributed by atoms with Crippen LogP contribution in [0.5, 0.6) is 0 Å². The van der Waals surface area contributed by atoms with Crippen LogP contribution in [0.25, 0.3) is 11.1 Å². The molecule has 3 aliphatic rings. The van der Waals surface area contributed by atoms with Crippen molar-refractivity contribution in [1.82, 2.24) is 14.7 Å². The van der Waals surface area contributed by atoms with Crippen molar-refractivity contribution in [3.05, 3.63) is 59.7 Å². The molecule has 3 aliphatic heterocycles. The maximum atomic E-state index is 12.4. The van der Waals surface area contributed by atoms with E-state index in [2.05, 4.69) is 40.1 Å². The Balaban J connectivity index is 1.32. The fraction of sp³-hybridized carbons (Fsp3) is 0.567. The summed E-state index contributed by atoms with van der Waals surface area (Å²) in [6.45, 7) is 6.53. The SMILES string of the molecule is CN(C)C(=O)c1cccc(-c2ccc([C@@H]3[C@@H](CO)N4CCCCN(CC5CCOCC5)C[C@@H]34)cc2)c1. The highest BCUT2D eigenvalue weighted by atomic mass is 16.5. The topological polar surface area (TPSA) is 56.3 Å². The van der Waals surface area contributed by atoms with E-state index in [4.69, 9.17) is 4.74 Å². The second-order valence-corrected chi connectivity index (χ2v) is 11.0. The van der Waals surface area contributed by atoms with E-state index in [0.717, 1.165) is 43.3 Å². The first-order valence-electron chi connectivity index (χ1n) is 13.6. The average Bonchev–Trinajstić information content (AvgIpc) is 2.89. The second kappa shape index (κ2) is 11.4. The van der Waals surface area contributed by atoms with Crippen molar-refractivity contribution < 1.29 is 14.6 Å². The van der Waals surface area contributed by atoms with Gasteiger partial charge in [-0.2, -0.15) is 0 Å². The van der Waals surface area contributed by atoms with Crippen LogP contribution in [-0.2, 0) is 4.74 Å². The fourth-order valence-electron chi connectivity index (χ4n) is 6.46. The van der Waals surface area contributed by atoms with Crippen molar-refractivity contribution in [2.24, 2.45) is 5.92 Å². The number of carbonyl (C=O) groups is 1. The maximum Gasteiger partial charge on any atom is 0.253 e. The van der Waals surface area contributed by atoms with E-state index >= 15 is 0 Å². The van der Waals surface area contributed by atoms with Crippen LogP contribution < -0.4 is 0 Å². The number of fused-ring (bicyclic) bond motifs is 1. The van der Waals surface area contributed by atoms with Gasteiger partial charge in [0.15, 0.2) is 0 Å². The Bertz CT molecular complexity index is 1020. The van der Waals surface area contributed by atoms with E-state index < -0.39 is 0 Å². The van der Waals surface area contributed by atoms with Crippen molar-refractivity contribution in [3.63, 3.8) is 0 Å². The van der Waals surface area contributed by atoms with Crippen molar-refractivity contribution in [3.8, 4) is 11.1 Å². The zero-order valence-electron chi connectivity index (χ0n) is 21.8. The molecule has 3 atom stereocenters. The van der Waals surface area contributed by atoms with E-state index in [1.54, 1.807) is 19.0 Å². The van der Waals surface area contributed by atoms with Crippen molar-refractivity contribution in [2.45, 2.75) is 43.7 Å². The Hall–Kier alpha value is -2.25. The Morgan fingerprint density at radius 1 is 1.03 bits per heavy atom. The number of rotatable bonds is 6. The van der Waals surface area contributed by atoms with Gasteiger partial charge in [0.05, 0.1) is 6.61 Å². The quantitative estimate of drug-likeness (QED) is 0.668. The molecule has 6 nitrogen and oxygen atoms in total. The molecule has 0 saturated carbocycles. The number of carbonyl (C=O) groups excluding carboxylic acids is 1. The standard InChI is InChI=1S/C30H41N3O3/c1-31(2)30(35)26-7-5-6-25(18-26)23-8-10-24(11-9-23)29-27-20-32(19-22-12-16-36-17-13-22)14-3-4-15-33(27)28(29)21-34/h5-11,18,22,27-29,34H,3-4,12-17,19-21H2,1-2H3/t27-,28+,29-/m0/s1. The zero-order chi connectivity index (χ0) is 25.1. The molecule has 0 unspecified atom stereocenters. The van der Waals surface area contributed by atoms with E-state index in [0.29, 0.717) is 17.5 Å². The molecule has 0 radical (unpaired) electrons. The van der Waals surface area contributed by atoms with Gasteiger partial charge in [-0.25, -0.2) is 0 Å². The molecule has 6 heteroatoms. The highest BCUT2D eigenvalue weighted by Gasteiger charge is 2.49. The summed E-state index contributed by atoms with van der Waals surface area (Å²) >= 11 is 0. The van der Waals surface area contributed by atoms with Gasteiger partial charge in [-0.15, -0.1) is 0 Å². The zero-order valence-corrected chi connectivity index (χ0v) is 21.8. The van der Waals surface area contributed by atoms with Gasteiger partial charge in [-0.05, 0) is 73.5 Å². The summed E-state index contributed by atoms with van der Waals surface area (Å²) in [5, 5.41) is 10.3. The van der Waals surface area contributed by atoms with Crippen LogP contribution in [0.1, 0.15) is 47.5 Å². The van der Waals surface area contributed by atoms with Gasteiger partial charge in [0.2, 0.25) is 0 Å². The normalized spacial score (nSPS) is 25.9. The summed E-state index contributed by atoms with van der Waals surface area (Å²) in [6, 6.07) is 17.3. The van der Waals surface area contributed by atoms with Gasteiger partial charge in [0, 0.05) is 64.0 Å². The molecule has 1 amide bonds. The summed E-state index contributed by atoms with van der Waals surface area (Å²) in [5.41, 5.74) is 4.18. The molecule has 1 N–H and O–H groups in total. The lowest BCUT2D eigenvalue weighted by molar-refractivity contribution is -0.0677. The Labute approximate surface area is 215 Å². The van der Waals surface area contributed by atoms with E-state index in [1.807, 2.05) is 18.2 Å². The number of nitrogens with zero attached hydrogens (tertiary/aromatic N) is 3. The molecule has 0 aliphatic carbocycles. The van der Waals surface area contributed by atoms with Crippen LogP contribution in [0.2, 0.25) is 0 Å². The third-order valence-corrected chi connectivity index (χ3v) is 8.46. The van der Waals surface area contributed by atoms with Gasteiger partial charge in [-0.3, -0.25) is 9.69 Å². The minimum absolute atomic E-state index is 0.0170. The molecule has 2 aromatic rings. The van der Waals surface area contributed by atoms with Crippen LogP contribution in [0.15, 0.2) is 48.5 Å². The Morgan fingerprint density at radius 2 is 1.78 bits per heavy atom. The Kier molecular flexibility index (Phi) is 8.06. The summed E-state index contributed by atoms with van der Waals surface area (Å²) < 4.78 is 5.58. The molecule has 36 heavy (non-hydrogen) atoms. The number of amides is 1. The lowest BCUT2D eigenvalue weighted by Crippen LogP contribution is -2.67. The van der Waals surface area contributed by atoms with Gasteiger partial charge in [-0.1, -0.05) is 36.4 Å². The minimum atomic E-state index is 0.0170. The Morgan fingerprint density at radius 3 is 2.50 bits per heavy atom. The molecule has 0 bridgehead atoms. The third-order valence-electron chi connectivity index (χ3n) is 8.46. The summed E-state index contributed by atoms with van der Waals surface area (Å²) in [4.78, 5) is 19.3. The fourth-order valence-corrected chi connectivity index (χ4v) is 6.46. The number of aliphatic hydroxyl groups is 1. The maximum absolute atomic E-state index is 12.4. The molecule has 0 aromatic heterocycles.